The van der Waals surface area contributed by atoms with Crippen molar-refractivity contribution in [2.75, 3.05) is 11.4 Å². The van der Waals surface area contributed by atoms with E-state index in [1.807, 2.05) is 36.4 Å². The van der Waals surface area contributed by atoms with Gasteiger partial charge in [-0.15, -0.1) is 0 Å². The predicted octanol–water partition coefficient (Wildman–Crippen LogP) is 4.13. The van der Waals surface area contributed by atoms with Crippen LogP contribution in [0.5, 0.6) is 0 Å². The highest BCUT2D eigenvalue weighted by Crippen LogP contribution is 2.30. The molecule has 5 nitrogen and oxygen atoms in total. The molecule has 3 aromatic rings. The minimum absolute atomic E-state index is 0.0445. The lowest BCUT2D eigenvalue weighted by atomic mass is 10.1. The number of fused-ring (bicyclic) bond motifs is 1. The van der Waals surface area contributed by atoms with Crippen molar-refractivity contribution in [2.45, 2.75) is 17.9 Å². The summed E-state index contributed by atoms with van der Waals surface area (Å²) in [6.45, 7) is 0.774. The summed E-state index contributed by atoms with van der Waals surface area (Å²) in [6, 6.07) is 21.4. The molecule has 0 aliphatic carbocycles. The van der Waals surface area contributed by atoms with Crippen molar-refractivity contribution >= 4 is 37.5 Å². The topological polar surface area (TPSA) is 66.5 Å². The summed E-state index contributed by atoms with van der Waals surface area (Å²) in [6.07, 6.45) is 0.790. The molecule has 1 aliphatic rings. The van der Waals surface area contributed by atoms with Crippen LogP contribution in [0.2, 0.25) is 0 Å². The average molecular weight is 471 g/mol. The SMILES string of the molecule is O=C(c1ccccc1)N1CCc2ccc(CNS(=O)(=O)c3ccc(Br)cc3)cc21. The van der Waals surface area contributed by atoms with E-state index in [2.05, 4.69) is 20.7 Å². The summed E-state index contributed by atoms with van der Waals surface area (Å²) in [5.41, 5.74) is 3.38. The molecule has 1 amide bonds. The zero-order valence-corrected chi connectivity index (χ0v) is 17.9. The fourth-order valence-electron chi connectivity index (χ4n) is 3.36. The number of hydrogen-bond donors (Lipinski definition) is 1. The van der Waals surface area contributed by atoms with Crippen molar-refractivity contribution in [3.8, 4) is 0 Å². The lowest BCUT2D eigenvalue weighted by Crippen LogP contribution is -2.29. The number of anilines is 1. The van der Waals surface area contributed by atoms with E-state index in [1.165, 1.54) is 0 Å². The highest BCUT2D eigenvalue weighted by molar-refractivity contribution is 9.10. The molecule has 4 rings (SSSR count). The minimum atomic E-state index is -3.61. The van der Waals surface area contributed by atoms with Gasteiger partial charge in [-0.25, -0.2) is 13.1 Å². The van der Waals surface area contributed by atoms with Crippen LogP contribution in [0.25, 0.3) is 0 Å². The van der Waals surface area contributed by atoms with E-state index in [4.69, 9.17) is 0 Å². The Labute approximate surface area is 178 Å². The number of benzene rings is 3. The first kappa shape index (κ1) is 19.8. The Morgan fingerprint density at radius 1 is 1.00 bits per heavy atom. The molecule has 148 valence electrons. The van der Waals surface area contributed by atoms with E-state index >= 15 is 0 Å². The van der Waals surface area contributed by atoms with Crippen molar-refractivity contribution in [1.82, 2.24) is 4.72 Å². The number of sulfonamides is 1. The molecule has 0 bridgehead atoms. The normalized spacial score (nSPS) is 13.3. The zero-order chi connectivity index (χ0) is 20.4. The van der Waals surface area contributed by atoms with Gasteiger partial charge in [-0.05, 0) is 60.0 Å². The van der Waals surface area contributed by atoms with Crippen molar-refractivity contribution in [3.63, 3.8) is 0 Å². The molecule has 0 atom stereocenters. The van der Waals surface area contributed by atoms with Gasteiger partial charge in [0, 0.05) is 28.8 Å². The van der Waals surface area contributed by atoms with Crippen LogP contribution in [0.4, 0.5) is 5.69 Å². The van der Waals surface area contributed by atoms with Crippen LogP contribution >= 0.6 is 15.9 Å². The third-order valence-corrected chi connectivity index (χ3v) is 6.85. The molecule has 1 aliphatic heterocycles. The van der Waals surface area contributed by atoms with Crippen LogP contribution in [0, 0.1) is 0 Å². The summed E-state index contributed by atoms with van der Waals surface area (Å²) in [7, 11) is -3.61. The molecular formula is C22H19BrN2O3S. The maximum Gasteiger partial charge on any atom is 0.258 e. The number of halogens is 1. The molecule has 0 saturated heterocycles. The first-order valence-electron chi connectivity index (χ1n) is 9.18. The maximum atomic E-state index is 12.9. The van der Waals surface area contributed by atoms with Crippen molar-refractivity contribution < 1.29 is 13.2 Å². The first-order chi connectivity index (χ1) is 13.9. The largest absolute Gasteiger partial charge is 0.308 e. The molecule has 0 saturated carbocycles. The molecular weight excluding hydrogens is 452 g/mol. The summed E-state index contributed by atoms with van der Waals surface area (Å²) >= 11 is 3.30. The molecule has 29 heavy (non-hydrogen) atoms. The Kier molecular flexibility index (Phi) is 5.54. The second-order valence-electron chi connectivity index (χ2n) is 6.81. The van der Waals surface area contributed by atoms with Gasteiger partial charge in [0.05, 0.1) is 4.90 Å². The van der Waals surface area contributed by atoms with Gasteiger partial charge in [0.1, 0.15) is 0 Å². The van der Waals surface area contributed by atoms with E-state index in [9.17, 15) is 13.2 Å². The van der Waals surface area contributed by atoms with Crippen LogP contribution in [0.15, 0.2) is 82.2 Å². The fraction of sp³-hybridized carbons (Fsp3) is 0.136. The number of nitrogens with one attached hydrogen (secondary N) is 1. The Hall–Kier alpha value is -2.48. The van der Waals surface area contributed by atoms with Crippen molar-refractivity contribution in [2.24, 2.45) is 0 Å². The lowest BCUT2D eigenvalue weighted by Gasteiger charge is -2.18. The number of hydrogen-bond acceptors (Lipinski definition) is 3. The van der Waals surface area contributed by atoms with Gasteiger partial charge >= 0.3 is 0 Å². The minimum Gasteiger partial charge on any atom is -0.308 e. The summed E-state index contributed by atoms with van der Waals surface area (Å²) in [5.74, 6) is -0.0445. The highest BCUT2D eigenvalue weighted by atomic mass is 79.9. The van der Waals surface area contributed by atoms with Crippen molar-refractivity contribution in [1.29, 1.82) is 0 Å². The number of carbonyl (C=O) groups excluding carboxylic acids is 1. The number of nitrogens with zero attached hydrogens (tertiary/aromatic N) is 1. The van der Waals surface area contributed by atoms with E-state index in [1.54, 1.807) is 41.3 Å². The highest BCUT2D eigenvalue weighted by Gasteiger charge is 2.26. The summed E-state index contributed by atoms with van der Waals surface area (Å²) < 4.78 is 28.5. The van der Waals surface area contributed by atoms with E-state index in [0.717, 1.165) is 27.7 Å². The van der Waals surface area contributed by atoms with E-state index < -0.39 is 10.0 Å². The molecule has 0 unspecified atom stereocenters. The Balaban J connectivity index is 1.52. The van der Waals surface area contributed by atoms with Crippen LogP contribution in [-0.4, -0.2) is 20.9 Å². The molecule has 1 N–H and O–H groups in total. The Morgan fingerprint density at radius 3 is 2.45 bits per heavy atom. The predicted molar refractivity (Wildman–Crippen MR) is 116 cm³/mol. The Morgan fingerprint density at radius 2 is 1.72 bits per heavy atom. The first-order valence-corrected chi connectivity index (χ1v) is 11.5. The van der Waals surface area contributed by atoms with Gasteiger partial charge in [-0.1, -0.05) is 46.3 Å². The quantitative estimate of drug-likeness (QED) is 0.609. The molecule has 0 radical (unpaired) electrons. The maximum absolute atomic E-state index is 12.9. The third kappa shape index (κ3) is 4.27. The summed E-state index contributed by atoms with van der Waals surface area (Å²) in [4.78, 5) is 14.8. The van der Waals surface area contributed by atoms with Gasteiger partial charge in [-0.3, -0.25) is 4.79 Å². The molecule has 0 aromatic heterocycles. The number of amides is 1. The van der Waals surface area contributed by atoms with Gasteiger partial charge < -0.3 is 4.90 Å². The zero-order valence-electron chi connectivity index (χ0n) is 15.5. The molecule has 3 aromatic carbocycles. The lowest BCUT2D eigenvalue weighted by molar-refractivity contribution is 0.0989. The fourth-order valence-corrected chi connectivity index (χ4v) is 4.64. The number of carbonyl (C=O) groups is 1. The molecule has 0 fully saturated rings. The molecule has 1 heterocycles. The standard InChI is InChI=1S/C22H19BrN2O3S/c23-19-8-10-20(11-9-19)29(27,28)24-15-16-6-7-17-12-13-25(21(17)14-16)22(26)18-4-2-1-3-5-18/h1-11,14,24H,12-13,15H2. The molecule has 7 heteroatoms. The van der Waals surface area contributed by atoms with E-state index in [-0.39, 0.29) is 17.3 Å². The second kappa shape index (κ2) is 8.10. The van der Waals surface area contributed by atoms with Gasteiger partial charge in [0.2, 0.25) is 10.0 Å². The van der Waals surface area contributed by atoms with E-state index in [0.29, 0.717) is 12.1 Å². The monoisotopic (exact) mass is 470 g/mol. The molecule has 0 spiro atoms. The van der Waals surface area contributed by atoms with Gasteiger partial charge in [-0.2, -0.15) is 0 Å². The number of rotatable bonds is 5. The van der Waals surface area contributed by atoms with Gasteiger partial charge in [0.25, 0.3) is 5.91 Å². The van der Waals surface area contributed by atoms with Crippen LogP contribution in [0.1, 0.15) is 21.5 Å². The second-order valence-corrected chi connectivity index (χ2v) is 9.50. The Bertz CT molecular complexity index is 1150. The smallest absolute Gasteiger partial charge is 0.258 e. The third-order valence-electron chi connectivity index (χ3n) is 4.90. The average Bonchev–Trinajstić information content (AvgIpc) is 3.16. The van der Waals surface area contributed by atoms with Crippen LogP contribution in [-0.2, 0) is 23.0 Å². The van der Waals surface area contributed by atoms with Crippen LogP contribution in [0.3, 0.4) is 0 Å². The van der Waals surface area contributed by atoms with Crippen molar-refractivity contribution in [3.05, 3.63) is 94.0 Å². The summed E-state index contributed by atoms with van der Waals surface area (Å²) in [5, 5.41) is 0. The van der Waals surface area contributed by atoms with Gasteiger partial charge in [0.15, 0.2) is 0 Å². The van der Waals surface area contributed by atoms with Crippen LogP contribution < -0.4 is 9.62 Å².